The summed E-state index contributed by atoms with van der Waals surface area (Å²) in [5.74, 6) is 1.75. The Labute approximate surface area is 169 Å². The first-order valence-electron chi connectivity index (χ1n) is 10.5. The molecule has 0 unspecified atom stereocenters. The molecule has 1 aromatic carbocycles. The van der Waals surface area contributed by atoms with Crippen LogP contribution < -0.4 is 14.8 Å². The molecule has 152 valence electrons. The fourth-order valence-electron chi connectivity index (χ4n) is 3.64. The van der Waals surface area contributed by atoms with Crippen LogP contribution in [0.2, 0.25) is 0 Å². The molecule has 0 amide bonds. The van der Waals surface area contributed by atoms with Gasteiger partial charge in [0.1, 0.15) is 11.9 Å². The van der Waals surface area contributed by atoms with E-state index in [0.717, 1.165) is 44.3 Å². The minimum atomic E-state index is 0.291. The second kappa shape index (κ2) is 10.0. The zero-order valence-corrected chi connectivity index (χ0v) is 17.9. The molecule has 1 aliphatic heterocycles. The summed E-state index contributed by atoms with van der Waals surface area (Å²) in [6.45, 7) is 9.49. The number of hydrogen-bond donors (Lipinski definition) is 2. The van der Waals surface area contributed by atoms with Gasteiger partial charge in [-0.25, -0.2) is 0 Å². The van der Waals surface area contributed by atoms with E-state index >= 15 is 0 Å². The van der Waals surface area contributed by atoms with Crippen LogP contribution in [0.3, 0.4) is 0 Å². The van der Waals surface area contributed by atoms with Crippen molar-refractivity contribution >= 4 is 17.6 Å². The third-order valence-corrected chi connectivity index (χ3v) is 6.36. The van der Waals surface area contributed by atoms with E-state index in [1.54, 1.807) is 0 Å². The predicted molar refractivity (Wildman–Crippen MR) is 116 cm³/mol. The lowest BCUT2D eigenvalue weighted by atomic mass is 9.86. The Morgan fingerprint density at radius 1 is 1.00 bits per heavy atom. The highest BCUT2D eigenvalue weighted by molar-refractivity contribution is 7.98. The molecule has 0 radical (unpaired) electrons. The molecule has 0 bridgehead atoms. The molecule has 0 spiro atoms. The largest absolute Gasteiger partial charge is 0.490 e. The second-order valence-electron chi connectivity index (χ2n) is 8.88. The summed E-state index contributed by atoms with van der Waals surface area (Å²) in [7, 11) is 0. The van der Waals surface area contributed by atoms with Gasteiger partial charge in [0.05, 0.1) is 13.2 Å². The highest BCUT2D eigenvalue weighted by Crippen LogP contribution is 2.29. The standard InChI is InChI=1S/C22H36N2O2S/c1-22(2,3)27-24-19-6-4-17(5-7-19)16-23-18-8-10-20(11-9-18)26-21-12-14-25-15-13-21/h8-11,17,19,21,23-24H,4-7,12-16H2,1-3H3. The molecule has 1 saturated heterocycles. The van der Waals surface area contributed by atoms with Gasteiger partial charge in [0.25, 0.3) is 0 Å². The van der Waals surface area contributed by atoms with E-state index in [0.29, 0.717) is 16.9 Å². The molecular weight excluding hydrogens is 356 g/mol. The lowest BCUT2D eigenvalue weighted by molar-refractivity contribution is 0.0256. The van der Waals surface area contributed by atoms with Crippen molar-refractivity contribution in [3.8, 4) is 5.75 Å². The first-order valence-corrected chi connectivity index (χ1v) is 11.3. The molecule has 1 aromatic rings. The van der Waals surface area contributed by atoms with Crippen LogP contribution in [0, 0.1) is 5.92 Å². The van der Waals surface area contributed by atoms with Crippen molar-refractivity contribution in [3.05, 3.63) is 24.3 Å². The predicted octanol–water partition coefficient (Wildman–Crippen LogP) is 5.25. The Morgan fingerprint density at radius 2 is 1.67 bits per heavy atom. The summed E-state index contributed by atoms with van der Waals surface area (Å²) in [4.78, 5) is 0. The van der Waals surface area contributed by atoms with Gasteiger partial charge >= 0.3 is 0 Å². The number of rotatable bonds is 7. The first-order chi connectivity index (χ1) is 13.0. The van der Waals surface area contributed by atoms with Crippen LogP contribution in [0.4, 0.5) is 5.69 Å². The number of anilines is 1. The molecule has 2 N–H and O–H groups in total. The molecule has 1 saturated carbocycles. The van der Waals surface area contributed by atoms with Gasteiger partial charge in [-0.2, -0.15) is 0 Å². The quantitative estimate of drug-likeness (QED) is 0.620. The number of ether oxygens (including phenoxy) is 2. The maximum atomic E-state index is 6.05. The van der Waals surface area contributed by atoms with Gasteiger partial charge in [0.2, 0.25) is 0 Å². The molecule has 4 nitrogen and oxygen atoms in total. The van der Waals surface area contributed by atoms with Crippen LogP contribution in [-0.2, 0) is 4.74 Å². The Hall–Kier alpha value is -0.910. The maximum absolute atomic E-state index is 6.05. The van der Waals surface area contributed by atoms with E-state index in [1.165, 1.54) is 31.4 Å². The van der Waals surface area contributed by atoms with Crippen LogP contribution in [0.5, 0.6) is 5.75 Å². The number of hydrogen-bond acceptors (Lipinski definition) is 5. The summed E-state index contributed by atoms with van der Waals surface area (Å²) in [6.07, 6.45) is 7.47. The summed E-state index contributed by atoms with van der Waals surface area (Å²) in [6, 6.07) is 9.13. The lowest BCUT2D eigenvalue weighted by Gasteiger charge is -2.31. The molecule has 2 fully saturated rings. The van der Waals surface area contributed by atoms with Crippen molar-refractivity contribution in [2.75, 3.05) is 25.1 Å². The SMILES string of the molecule is CC(C)(C)SNC1CCC(CNc2ccc(OC3CCOCC3)cc2)CC1. The summed E-state index contributed by atoms with van der Waals surface area (Å²) in [5, 5.41) is 3.62. The fraction of sp³-hybridized carbons (Fsp3) is 0.727. The van der Waals surface area contributed by atoms with Crippen molar-refractivity contribution in [1.29, 1.82) is 0 Å². The third-order valence-electron chi connectivity index (χ3n) is 5.30. The molecular formula is C22H36N2O2S. The zero-order chi connectivity index (χ0) is 19.1. The van der Waals surface area contributed by atoms with Gasteiger partial charge in [-0.05, 0) is 76.6 Å². The second-order valence-corrected chi connectivity index (χ2v) is 10.5. The molecule has 2 aliphatic rings. The van der Waals surface area contributed by atoms with Gasteiger partial charge in [0.15, 0.2) is 0 Å². The third kappa shape index (κ3) is 7.55. The van der Waals surface area contributed by atoms with E-state index in [2.05, 4.69) is 55.1 Å². The molecule has 3 rings (SSSR count). The monoisotopic (exact) mass is 392 g/mol. The molecule has 0 atom stereocenters. The van der Waals surface area contributed by atoms with E-state index < -0.39 is 0 Å². The molecule has 27 heavy (non-hydrogen) atoms. The Morgan fingerprint density at radius 3 is 2.30 bits per heavy atom. The van der Waals surface area contributed by atoms with Gasteiger partial charge < -0.3 is 14.8 Å². The molecule has 5 heteroatoms. The summed E-state index contributed by atoms with van der Waals surface area (Å²) < 4.78 is 15.4. The van der Waals surface area contributed by atoms with Crippen molar-refractivity contribution < 1.29 is 9.47 Å². The highest BCUT2D eigenvalue weighted by Gasteiger charge is 2.22. The molecule has 1 heterocycles. The topological polar surface area (TPSA) is 42.5 Å². The normalized spacial score (nSPS) is 24.6. The lowest BCUT2D eigenvalue weighted by Crippen LogP contribution is -2.33. The minimum Gasteiger partial charge on any atom is -0.490 e. The van der Waals surface area contributed by atoms with Crippen LogP contribution in [0.25, 0.3) is 0 Å². The average molecular weight is 393 g/mol. The van der Waals surface area contributed by atoms with Crippen LogP contribution >= 0.6 is 11.9 Å². The highest BCUT2D eigenvalue weighted by atomic mass is 32.2. The maximum Gasteiger partial charge on any atom is 0.119 e. The van der Waals surface area contributed by atoms with Crippen LogP contribution in [0.1, 0.15) is 59.3 Å². The summed E-state index contributed by atoms with van der Waals surface area (Å²) >= 11 is 1.88. The summed E-state index contributed by atoms with van der Waals surface area (Å²) in [5.41, 5.74) is 1.19. The van der Waals surface area contributed by atoms with Gasteiger partial charge in [-0.3, -0.25) is 4.72 Å². The van der Waals surface area contributed by atoms with E-state index in [-0.39, 0.29) is 0 Å². The fourth-order valence-corrected chi connectivity index (χ4v) is 4.40. The van der Waals surface area contributed by atoms with Gasteiger partial charge in [-0.15, -0.1) is 0 Å². The first kappa shape index (κ1) is 20.8. The van der Waals surface area contributed by atoms with Crippen molar-refractivity contribution in [2.24, 2.45) is 5.92 Å². The van der Waals surface area contributed by atoms with E-state index in [1.807, 2.05) is 11.9 Å². The van der Waals surface area contributed by atoms with Crippen LogP contribution in [0.15, 0.2) is 24.3 Å². The molecule has 0 aromatic heterocycles. The zero-order valence-electron chi connectivity index (χ0n) is 17.1. The Kier molecular flexibility index (Phi) is 7.74. The van der Waals surface area contributed by atoms with Gasteiger partial charge in [0, 0.05) is 35.9 Å². The average Bonchev–Trinajstić information content (AvgIpc) is 2.67. The Balaban J connectivity index is 1.34. The van der Waals surface area contributed by atoms with E-state index in [9.17, 15) is 0 Å². The van der Waals surface area contributed by atoms with Crippen LogP contribution in [-0.4, -0.2) is 36.7 Å². The van der Waals surface area contributed by atoms with Crippen molar-refractivity contribution in [3.63, 3.8) is 0 Å². The Bertz CT molecular complexity index is 544. The van der Waals surface area contributed by atoms with Crippen molar-refractivity contribution in [1.82, 2.24) is 4.72 Å². The molecule has 1 aliphatic carbocycles. The van der Waals surface area contributed by atoms with Gasteiger partial charge in [-0.1, -0.05) is 11.9 Å². The van der Waals surface area contributed by atoms with E-state index in [4.69, 9.17) is 9.47 Å². The number of benzene rings is 1. The van der Waals surface area contributed by atoms with Crippen molar-refractivity contribution in [2.45, 2.75) is 76.2 Å². The number of nitrogens with one attached hydrogen (secondary N) is 2. The smallest absolute Gasteiger partial charge is 0.119 e. The minimum absolute atomic E-state index is 0.291.